The molecule has 1 heterocycles. The van der Waals surface area contributed by atoms with Crippen LogP contribution in [0.1, 0.15) is 15.9 Å². The van der Waals surface area contributed by atoms with Crippen molar-refractivity contribution in [3.63, 3.8) is 0 Å². The summed E-state index contributed by atoms with van der Waals surface area (Å²) in [5.41, 5.74) is 9.48. The predicted molar refractivity (Wildman–Crippen MR) is 130 cm³/mol. The minimum absolute atomic E-state index is 0.00526. The summed E-state index contributed by atoms with van der Waals surface area (Å²) in [5, 5.41) is 3.96. The van der Waals surface area contributed by atoms with Gasteiger partial charge in [0, 0.05) is 16.3 Å². The Kier molecular flexibility index (Phi) is 6.32. The number of halogens is 2. The van der Waals surface area contributed by atoms with E-state index < -0.39 is 18.5 Å². The molecule has 32 heavy (non-hydrogen) atoms. The molecule has 1 aromatic heterocycles. The van der Waals surface area contributed by atoms with Crippen molar-refractivity contribution < 1.29 is 14.3 Å². The Balaban J connectivity index is 1.38. The standard InChI is InChI=1S/C23H17Cl2N3O3S/c1-12-2-7-18-19(8-12)32-22(28-18)13-3-5-15(6-4-13)27-20(29)11-31-23(30)16-9-14(24)10-17(25)21(16)26/h2-10H,11,26H2,1H3,(H,27,29). The van der Waals surface area contributed by atoms with Gasteiger partial charge in [-0.25, -0.2) is 9.78 Å². The zero-order valence-electron chi connectivity index (χ0n) is 16.8. The number of carbonyl (C=O) groups is 2. The topological polar surface area (TPSA) is 94.3 Å². The normalized spacial score (nSPS) is 10.8. The molecule has 1 amide bonds. The van der Waals surface area contributed by atoms with E-state index in [1.807, 2.05) is 31.2 Å². The SMILES string of the molecule is Cc1ccc2nc(-c3ccc(NC(=O)COC(=O)c4cc(Cl)cc(Cl)c4N)cc3)sc2c1. The van der Waals surface area contributed by atoms with E-state index in [1.165, 1.54) is 17.7 Å². The van der Waals surface area contributed by atoms with Crippen molar-refractivity contribution >= 4 is 68.0 Å². The lowest BCUT2D eigenvalue weighted by molar-refractivity contribution is -0.119. The number of nitrogens with one attached hydrogen (secondary N) is 1. The maximum atomic E-state index is 12.2. The largest absolute Gasteiger partial charge is 0.452 e. The van der Waals surface area contributed by atoms with Gasteiger partial charge in [-0.15, -0.1) is 11.3 Å². The third-order valence-corrected chi connectivity index (χ3v) is 6.21. The number of carbonyl (C=O) groups excluding carboxylic acids is 2. The molecule has 0 unspecified atom stereocenters. The second-order valence-electron chi connectivity index (χ2n) is 7.04. The fourth-order valence-electron chi connectivity index (χ4n) is 3.01. The lowest BCUT2D eigenvalue weighted by atomic mass is 10.2. The molecule has 0 aliphatic heterocycles. The van der Waals surface area contributed by atoms with Crippen LogP contribution >= 0.6 is 34.5 Å². The fraction of sp³-hybridized carbons (Fsp3) is 0.0870. The first-order valence-corrected chi connectivity index (χ1v) is 11.1. The molecule has 6 nitrogen and oxygen atoms in total. The molecule has 0 aliphatic carbocycles. The molecule has 0 saturated heterocycles. The van der Waals surface area contributed by atoms with Gasteiger partial charge >= 0.3 is 5.97 Å². The van der Waals surface area contributed by atoms with Crippen LogP contribution < -0.4 is 11.1 Å². The zero-order chi connectivity index (χ0) is 22.8. The van der Waals surface area contributed by atoms with Crippen LogP contribution in [0.2, 0.25) is 10.0 Å². The lowest BCUT2D eigenvalue weighted by Gasteiger charge is -2.09. The van der Waals surface area contributed by atoms with E-state index in [0.717, 1.165) is 20.8 Å². The molecule has 0 aliphatic rings. The van der Waals surface area contributed by atoms with Crippen LogP contribution in [0.4, 0.5) is 11.4 Å². The number of nitrogens with two attached hydrogens (primary N) is 1. The van der Waals surface area contributed by atoms with Crippen molar-refractivity contribution in [2.24, 2.45) is 0 Å². The maximum Gasteiger partial charge on any atom is 0.340 e. The minimum Gasteiger partial charge on any atom is -0.452 e. The van der Waals surface area contributed by atoms with Crippen molar-refractivity contribution in [2.45, 2.75) is 6.92 Å². The van der Waals surface area contributed by atoms with Crippen LogP contribution in [0.5, 0.6) is 0 Å². The molecular formula is C23H17Cl2N3O3S. The number of ether oxygens (including phenoxy) is 1. The monoisotopic (exact) mass is 485 g/mol. The number of hydrogen-bond acceptors (Lipinski definition) is 6. The van der Waals surface area contributed by atoms with E-state index >= 15 is 0 Å². The number of hydrogen-bond donors (Lipinski definition) is 2. The summed E-state index contributed by atoms with van der Waals surface area (Å²) in [6, 6.07) is 16.2. The quantitative estimate of drug-likeness (QED) is 0.268. The van der Waals surface area contributed by atoms with Crippen LogP contribution in [0, 0.1) is 6.92 Å². The van der Waals surface area contributed by atoms with Crippen molar-refractivity contribution in [2.75, 3.05) is 17.7 Å². The highest BCUT2D eigenvalue weighted by Crippen LogP contribution is 2.31. The van der Waals surface area contributed by atoms with Gasteiger partial charge in [-0.05, 0) is 61.0 Å². The summed E-state index contributed by atoms with van der Waals surface area (Å²) in [6.45, 7) is 1.56. The number of thiazole rings is 1. The summed E-state index contributed by atoms with van der Waals surface area (Å²) in [7, 11) is 0. The Morgan fingerprint density at radius 2 is 1.84 bits per heavy atom. The Morgan fingerprint density at radius 3 is 2.59 bits per heavy atom. The number of aromatic nitrogens is 1. The zero-order valence-corrected chi connectivity index (χ0v) is 19.1. The Hall–Kier alpha value is -3.13. The number of aryl methyl sites for hydroxylation is 1. The van der Waals surface area contributed by atoms with Gasteiger partial charge in [0.15, 0.2) is 6.61 Å². The number of nitrogens with zero attached hydrogens (tertiary/aromatic N) is 1. The second-order valence-corrected chi connectivity index (χ2v) is 8.91. The molecule has 0 fully saturated rings. The molecule has 0 spiro atoms. The van der Waals surface area contributed by atoms with Gasteiger partial charge in [0.1, 0.15) is 5.01 Å². The Bertz CT molecular complexity index is 1340. The average Bonchev–Trinajstić information content (AvgIpc) is 3.18. The van der Waals surface area contributed by atoms with Gasteiger partial charge in [0.05, 0.1) is 26.5 Å². The first kappa shape index (κ1) is 22.1. The molecule has 9 heteroatoms. The molecule has 3 N–H and O–H groups in total. The number of esters is 1. The Morgan fingerprint density at radius 1 is 1.09 bits per heavy atom. The number of nitrogen functional groups attached to an aromatic ring is 1. The third kappa shape index (κ3) is 4.85. The molecule has 0 bridgehead atoms. The predicted octanol–water partition coefficient (Wildman–Crippen LogP) is 5.96. The first-order chi connectivity index (χ1) is 15.3. The molecule has 0 saturated carbocycles. The summed E-state index contributed by atoms with van der Waals surface area (Å²) in [4.78, 5) is 29.1. The van der Waals surface area contributed by atoms with Crippen LogP contribution in [-0.4, -0.2) is 23.5 Å². The van der Waals surface area contributed by atoms with E-state index in [1.54, 1.807) is 23.5 Å². The van der Waals surface area contributed by atoms with E-state index in [-0.39, 0.29) is 21.3 Å². The summed E-state index contributed by atoms with van der Waals surface area (Å²) in [6.07, 6.45) is 0. The average molecular weight is 486 g/mol. The van der Waals surface area contributed by atoms with E-state index in [2.05, 4.69) is 16.4 Å². The molecule has 0 radical (unpaired) electrons. The number of rotatable bonds is 5. The van der Waals surface area contributed by atoms with Gasteiger partial charge in [0.25, 0.3) is 5.91 Å². The van der Waals surface area contributed by atoms with Gasteiger partial charge in [-0.2, -0.15) is 0 Å². The molecule has 4 rings (SSSR count). The van der Waals surface area contributed by atoms with E-state index in [9.17, 15) is 9.59 Å². The highest BCUT2D eigenvalue weighted by molar-refractivity contribution is 7.21. The first-order valence-electron chi connectivity index (χ1n) is 9.49. The third-order valence-electron chi connectivity index (χ3n) is 4.61. The molecule has 4 aromatic rings. The van der Waals surface area contributed by atoms with Gasteiger partial charge < -0.3 is 15.8 Å². The minimum atomic E-state index is -0.788. The maximum absolute atomic E-state index is 12.2. The molecule has 0 atom stereocenters. The van der Waals surface area contributed by atoms with Gasteiger partial charge in [0.2, 0.25) is 0 Å². The highest BCUT2D eigenvalue weighted by atomic mass is 35.5. The smallest absolute Gasteiger partial charge is 0.340 e. The van der Waals surface area contributed by atoms with E-state index in [4.69, 9.17) is 33.7 Å². The van der Waals surface area contributed by atoms with Crippen molar-refractivity contribution in [1.82, 2.24) is 4.98 Å². The number of anilines is 2. The molecular weight excluding hydrogens is 469 g/mol. The highest BCUT2D eigenvalue weighted by Gasteiger charge is 2.17. The summed E-state index contributed by atoms with van der Waals surface area (Å²) >= 11 is 13.4. The molecule has 3 aromatic carbocycles. The van der Waals surface area contributed by atoms with Gasteiger partial charge in [-0.1, -0.05) is 29.3 Å². The van der Waals surface area contributed by atoms with E-state index in [0.29, 0.717) is 5.69 Å². The summed E-state index contributed by atoms with van der Waals surface area (Å²) < 4.78 is 6.16. The number of fused-ring (bicyclic) bond motifs is 1. The van der Waals surface area contributed by atoms with Crippen molar-refractivity contribution in [3.05, 3.63) is 75.8 Å². The molecule has 162 valence electrons. The van der Waals surface area contributed by atoms with Crippen LogP contribution in [0.25, 0.3) is 20.8 Å². The van der Waals surface area contributed by atoms with Crippen molar-refractivity contribution in [1.29, 1.82) is 0 Å². The summed E-state index contributed by atoms with van der Waals surface area (Å²) in [5.74, 6) is -1.28. The number of benzene rings is 3. The number of amides is 1. The van der Waals surface area contributed by atoms with Crippen LogP contribution in [0.15, 0.2) is 54.6 Å². The second kappa shape index (κ2) is 9.16. The Labute approximate surface area is 197 Å². The van der Waals surface area contributed by atoms with Crippen LogP contribution in [0.3, 0.4) is 0 Å². The van der Waals surface area contributed by atoms with Crippen LogP contribution in [-0.2, 0) is 9.53 Å². The fourth-order valence-corrected chi connectivity index (χ4v) is 4.57. The van der Waals surface area contributed by atoms with Crippen molar-refractivity contribution in [3.8, 4) is 10.6 Å². The van der Waals surface area contributed by atoms with Gasteiger partial charge in [-0.3, -0.25) is 4.79 Å². The lowest BCUT2D eigenvalue weighted by Crippen LogP contribution is -2.21.